The zero-order valence-corrected chi connectivity index (χ0v) is 16.8. The van der Waals surface area contributed by atoms with E-state index >= 15 is 0 Å². The molecule has 0 amide bonds. The first-order chi connectivity index (χ1) is 13.5. The highest BCUT2D eigenvalue weighted by atomic mass is 32.2. The number of quaternary nitrogens is 1. The van der Waals surface area contributed by atoms with Gasteiger partial charge in [0.1, 0.15) is 5.82 Å². The van der Waals surface area contributed by atoms with E-state index < -0.39 is 5.82 Å². The fourth-order valence-electron chi connectivity index (χ4n) is 2.92. The Morgan fingerprint density at radius 2 is 1.96 bits per heavy atom. The second kappa shape index (κ2) is 9.12. The summed E-state index contributed by atoms with van der Waals surface area (Å²) in [5.41, 5.74) is 0.834. The molecule has 5 nitrogen and oxygen atoms in total. The second-order valence-corrected chi connectivity index (χ2v) is 7.84. The van der Waals surface area contributed by atoms with Crippen molar-refractivity contribution in [1.29, 1.82) is 0 Å². The molecule has 3 aromatic rings. The number of benzene rings is 2. The molecule has 7 heteroatoms. The Bertz CT molecular complexity index is 1050. The maximum atomic E-state index is 13.4. The number of rotatable bonds is 8. The van der Waals surface area contributed by atoms with Crippen LogP contribution in [0.15, 0.2) is 58.5 Å². The number of nitrogens with one attached hydrogen (secondary N) is 1. The SMILES string of the molecule is C[NH+](C)CCCn1c(SCC(=O)c2cccc(F)c2)nc2ccccc2c1=O. The van der Waals surface area contributed by atoms with E-state index in [4.69, 9.17) is 0 Å². The van der Waals surface area contributed by atoms with Gasteiger partial charge in [-0.25, -0.2) is 9.37 Å². The van der Waals surface area contributed by atoms with Gasteiger partial charge in [0, 0.05) is 18.5 Å². The summed E-state index contributed by atoms with van der Waals surface area (Å²) >= 11 is 1.22. The number of para-hydroxylation sites is 1. The molecule has 1 aromatic heterocycles. The van der Waals surface area contributed by atoms with Crippen LogP contribution in [-0.2, 0) is 6.54 Å². The summed E-state index contributed by atoms with van der Waals surface area (Å²) < 4.78 is 15.0. The van der Waals surface area contributed by atoms with Gasteiger partial charge in [0.05, 0.1) is 37.3 Å². The zero-order chi connectivity index (χ0) is 20.1. The van der Waals surface area contributed by atoms with Crippen molar-refractivity contribution in [3.05, 3.63) is 70.3 Å². The molecule has 0 radical (unpaired) electrons. The molecule has 2 aromatic carbocycles. The maximum Gasteiger partial charge on any atom is 0.262 e. The summed E-state index contributed by atoms with van der Waals surface area (Å²) in [7, 11) is 4.13. The summed E-state index contributed by atoms with van der Waals surface area (Å²) in [6.45, 7) is 1.46. The molecule has 0 saturated carbocycles. The first kappa shape index (κ1) is 20.2. The van der Waals surface area contributed by atoms with E-state index in [-0.39, 0.29) is 17.1 Å². The van der Waals surface area contributed by atoms with E-state index in [1.807, 2.05) is 12.1 Å². The Kier molecular flexibility index (Phi) is 6.59. The zero-order valence-electron chi connectivity index (χ0n) is 15.9. The highest BCUT2D eigenvalue weighted by Gasteiger charge is 2.14. The van der Waals surface area contributed by atoms with Crippen molar-refractivity contribution < 1.29 is 14.1 Å². The van der Waals surface area contributed by atoms with E-state index in [0.717, 1.165) is 13.0 Å². The normalized spacial score (nSPS) is 11.3. The molecular weight excluding hydrogens is 377 g/mol. The Morgan fingerprint density at radius 3 is 2.71 bits per heavy atom. The molecule has 146 valence electrons. The topological polar surface area (TPSA) is 56.4 Å². The number of carbonyl (C=O) groups excluding carboxylic acids is 1. The molecule has 28 heavy (non-hydrogen) atoms. The number of halogens is 1. The van der Waals surface area contributed by atoms with Gasteiger partial charge in [-0.15, -0.1) is 0 Å². The lowest BCUT2D eigenvalue weighted by Crippen LogP contribution is -3.05. The number of nitrogens with zero attached hydrogens (tertiary/aromatic N) is 2. The molecule has 3 rings (SSSR count). The number of thioether (sulfide) groups is 1. The lowest BCUT2D eigenvalue weighted by Gasteiger charge is -2.14. The number of hydrogen-bond donors (Lipinski definition) is 1. The summed E-state index contributed by atoms with van der Waals surface area (Å²) in [6, 6.07) is 12.9. The van der Waals surface area contributed by atoms with Crippen molar-refractivity contribution in [1.82, 2.24) is 9.55 Å². The Labute approximate surface area is 167 Å². The van der Waals surface area contributed by atoms with Crippen LogP contribution in [0.2, 0.25) is 0 Å². The minimum atomic E-state index is -0.442. The molecule has 0 aliphatic heterocycles. The van der Waals surface area contributed by atoms with Gasteiger partial charge in [-0.3, -0.25) is 14.2 Å². The average Bonchev–Trinajstić information content (AvgIpc) is 2.68. The van der Waals surface area contributed by atoms with Crippen molar-refractivity contribution in [2.24, 2.45) is 0 Å². The molecule has 1 N–H and O–H groups in total. The quantitative estimate of drug-likeness (QED) is 0.357. The smallest absolute Gasteiger partial charge is 0.262 e. The Hall–Kier alpha value is -2.51. The van der Waals surface area contributed by atoms with E-state index in [1.54, 1.807) is 22.8 Å². The van der Waals surface area contributed by atoms with E-state index in [1.165, 1.54) is 34.9 Å². The third-order valence-corrected chi connectivity index (χ3v) is 5.34. The monoisotopic (exact) mass is 400 g/mol. The Morgan fingerprint density at radius 1 is 1.18 bits per heavy atom. The fourth-order valence-corrected chi connectivity index (χ4v) is 3.84. The van der Waals surface area contributed by atoms with Crippen molar-refractivity contribution in [3.63, 3.8) is 0 Å². The first-order valence-corrected chi connectivity index (χ1v) is 10.1. The largest absolute Gasteiger partial charge is 0.340 e. The standard InChI is InChI=1S/C21H22FN3O2S/c1-24(2)11-6-12-25-20(27)17-9-3-4-10-18(17)23-21(25)28-14-19(26)15-7-5-8-16(22)13-15/h3-5,7-10,13H,6,11-12,14H2,1-2H3/p+1. The van der Waals surface area contributed by atoms with Crippen molar-refractivity contribution in [2.75, 3.05) is 26.4 Å². The predicted octanol–water partition coefficient (Wildman–Crippen LogP) is 2.05. The first-order valence-electron chi connectivity index (χ1n) is 9.16. The number of hydrogen-bond acceptors (Lipinski definition) is 4. The average molecular weight is 400 g/mol. The minimum absolute atomic E-state index is 0.0904. The molecule has 1 heterocycles. The minimum Gasteiger partial charge on any atom is -0.340 e. The van der Waals surface area contributed by atoms with Crippen LogP contribution in [-0.4, -0.2) is 41.7 Å². The molecule has 0 fully saturated rings. The number of Topliss-reactive ketones (excluding diaryl/α,β-unsaturated/α-hetero) is 1. The van der Waals surface area contributed by atoms with E-state index in [2.05, 4.69) is 19.1 Å². The number of carbonyl (C=O) groups is 1. The molecule has 0 aliphatic carbocycles. The lowest BCUT2D eigenvalue weighted by atomic mass is 10.1. The molecular formula is C21H23FN3O2S+. The van der Waals surface area contributed by atoms with Gasteiger partial charge in [0.2, 0.25) is 0 Å². The van der Waals surface area contributed by atoms with Crippen molar-refractivity contribution in [2.45, 2.75) is 18.1 Å². The van der Waals surface area contributed by atoms with Gasteiger partial charge < -0.3 is 4.90 Å². The number of fused-ring (bicyclic) bond motifs is 1. The number of aromatic nitrogens is 2. The van der Waals surface area contributed by atoms with Gasteiger partial charge in [-0.1, -0.05) is 36.0 Å². The van der Waals surface area contributed by atoms with E-state index in [0.29, 0.717) is 28.2 Å². The third kappa shape index (κ3) is 4.85. The van der Waals surface area contributed by atoms with Crippen LogP contribution >= 0.6 is 11.8 Å². The third-order valence-electron chi connectivity index (χ3n) is 4.36. The summed E-state index contributed by atoms with van der Waals surface area (Å²) in [4.78, 5) is 31.3. The highest BCUT2D eigenvalue weighted by molar-refractivity contribution is 7.99. The highest BCUT2D eigenvalue weighted by Crippen LogP contribution is 2.19. The molecule has 0 saturated heterocycles. The number of ketones is 1. The van der Waals surface area contributed by atoms with E-state index in [9.17, 15) is 14.0 Å². The van der Waals surface area contributed by atoms with Crippen LogP contribution < -0.4 is 10.5 Å². The fraction of sp³-hybridized carbons (Fsp3) is 0.286. The summed E-state index contributed by atoms with van der Waals surface area (Å²) in [5, 5.41) is 1.09. The van der Waals surface area contributed by atoms with Crippen LogP contribution in [0.3, 0.4) is 0 Å². The van der Waals surface area contributed by atoms with Gasteiger partial charge >= 0.3 is 0 Å². The molecule has 0 aliphatic rings. The van der Waals surface area contributed by atoms with Crippen LogP contribution in [0, 0.1) is 5.82 Å². The molecule has 0 unspecified atom stereocenters. The van der Waals surface area contributed by atoms with Crippen molar-refractivity contribution >= 4 is 28.4 Å². The van der Waals surface area contributed by atoms with Gasteiger partial charge in [-0.05, 0) is 24.3 Å². The lowest BCUT2D eigenvalue weighted by molar-refractivity contribution is -0.858. The van der Waals surface area contributed by atoms with Gasteiger partial charge in [0.15, 0.2) is 10.9 Å². The van der Waals surface area contributed by atoms with Gasteiger partial charge in [-0.2, -0.15) is 0 Å². The Balaban J connectivity index is 1.87. The molecule has 0 atom stereocenters. The van der Waals surface area contributed by atoms with Crippen LogP contribution in [0.5, 0.6) is 0 Å². The summed E-state index contributed by atoms with van der Waals surface area (Å²) in [6.07, 6.45) is 0.827. The summed E-state index contributed by atoms with van der Waals surface area (Å²) in [5.74, 6) is -0.549. The van der Waals surface area contributed by atoms with Crippen LogP contribution in [0.1, 0.15) is 16.8 Å². The van der Waals surface area contributed by atoms with Crippen molar-refractivity contribution in [3.8, 4) is 0 Å². The van der Waals surface area contributed by atoms with Crippen LogP contribution in [0.25, 0.3) is 10.9 Å². The maximum absolute atomic E-state index is 13.4. The van der Waals surface area contributed by atoms with Crippen LogP contribution in [0.4, 0.5) is 4.39 Å². The predicted molar refractivity (Wildman–Crippen MR) is 110 cm³/mol. The molecule has 0 spiro atoms. The molecule has 0 bridgehead atoms. The van der Waals surface area contributed by atoms with Gasteiger partial charge in [0.25, 0.3) is 5.56 Å². The second-order valence-electron chi connectivity index (χ2n) is 6.90.